The van der Waals surface area contributed by atoms with E-state index in [0.29, 0.717) is 11.4 Å². The fourth-order valence-corrected chi connectivity index (χ4v) is 3.52. The maximum Gasteiger partial charge on any atom is 0.414 e. The number of cyclic esters (lactones) is 1. The number of nitrogens with zero attached hydrogens (tertiary/aromatic N) is 3. The maximum absolute atomic E-state index is 14.8. The molecule has 1 aromatic carbocycles. The smallest absolute Gasteiger partial charge is 0.414 e. The fourth-order valence-electron chi connectivity index (χ4n) is 3.52. The molecule has 8 heteroatoms. The van der Waals surface area contributed by atoms with Crippen LogP contribution >= 0.6 is 0 Å². The van der Waals surface area contributed by atoms with Gasteiger partial charge in [0.2, 0.25) is 5.91 Å². The number of anilines is 1. The molecule has 1 atom stereocenters. The lowest BCUT2D eigenvalue weighted by molar-refractivity contribution is -0.122. The number of aromatic nitrogens is 2. The molecule has 2 fully saturated rings. The number of hydrogen-bond donors (Lipinski definition) is 1. The third-order valence-electron chi connectivity index (χ3n) is 5.26. The summed E-state index contributed by atoms with van der Waals surface area (Å²) < 4.78 is 21.8. The number of nitrogens with one attached hydrogen (secondary N) is 1. The first-order valence-corrected chi connectivity index (χ1v) is 9.57. The van der Waals surface area contributed by atoms with Crippen LogP contribution in [-0.4, -0.2) is 40.7 Å². The number of carbonyl (C=O) groups excluding carboxylic acids is 2. The van der Waals surface area contributed by atoms with Crippen LogP contribution in [0.15, 0.2) is 48.9 Å². The second-order valence-corrected chi connectivity index (χ2v) is 7.41. The molecule has 29 heavy (non-hydrogen) atoms. The number of fused-ring (bicyclic) bond motifs is 1. The van der Waals surface area contributed by atoms with Gasteiger partial charge in [-0.25, -0.2) is 9.18 Å². The van der Waals surface area contributed by atoms with Crippen molar-refractivity contribution in [2.24, 2.45) is 5.92 Å². The number of ether oxygens (including phenoxy) is 1. The highest BCUT2D eigenvalue weighted by Gasteiger charge is 2.35. The first-order valence-electron chi connectivity index (χ1n) is 9.57. The van der Waals surface area contributed by atoms with E-state index in [1.165, 1.54) is 11.0 Å². The highest BCUT2D eigenvalue weighted by molar-refractivity contribution is 5.90. The van der Waals surface area contributed by atoms with Gasteiger partial charge in [0.25, 0.3) is 0 Å². The molecule has 148 valence electrons. The first-order chi connectivity index (χ1) is 14.1. The van der Waals surface area contributed by atoms with E-state index in [1.807, 2.05) is 18.3 Å². The highest BCUT2D eigenvalue weighted by Crippen LogP contribution is 2.29. The second kappa shape index (κ2) is 6.88. The highest BCUT2D eigenvalue weighted by atomic mass is 19.1. The van der Waals surface area contributed by atoms with Crippen LogP contribution in [0, 0.1) is 11.7 Å². The fraction of sp³-hybridized carbons (Fsp3) is 0.286. The summed E-state index contributed by atoms with van der Waals surface area (Å²) in [5, 5.41) is 3.72. The van der Waals surface area contributed by atoms with Crippen molar-refractivity contribution < 1.29 is 18.7 Å². The van der Waals surface area contributed by atoms with Crippen LogP contribution in [0.25, 0.3) is 16.6 Å². The van der Waals surface area contributed by atoms with E-state index in [-0.39, 0.29) is 24.9 Å². The lowest BCUT2D eigenvalue weighted by Crippen LogP contribution is -2.35. The molecule has 2 aromatic heterocycles. The molecular weight excluding hydrogens is 375 g/mol. The van der Waals surface area contributed by atoms with Crippen molar-refractivity contribution in [3.63, 3.8) is 0 Å². The third kappa shape index (κ3) is 3.41. The van der Waals surface area contributed by atoms with Crippen molar-refractivity contribution in [3.05, 3.63) is 54.7 Å². The monoisotopic (exact) mass is 394 g/mol. The van der Waals surface area contributed by atoms with Crippen LogP contribution in [0.3, 0.4) is 0 Å². The standard InChI is InChI=1S/C21H19FN4O3/c22-17-8-15(5-6-19(17)25-10-14-2-1-7-23-18(14)12-25)26-11-16(29-21(26)28)9-24-20(27)13-3-4-13/h1-2,5-8,10,12-13,16H,3-4,9,11H2,(H,24,27). The molecule has 7 nitrogen and oxygen atoms in total. The second-order valence-electron chi connectivity index (χ2n) is 7.41. The molecule has 1 aliphatic heterocycles. The zero-order valence-corrected chi connectivity index (χ0v) is 15.5. The summed E-state index contributed by atoms with van der Waals surface area (Å²) >= 11 is 0. The molecule has 1 saturated carbocycles. The summed E-state index contributed by atoms with van der Waals surface area (Å²) in [4.78, 5) is 29.6. The largest absolute Gasteiger partial charge is 0.442 e. The van der Waals surface area contributed by atoms with Crippen molar-refractivity contribution in [2.75, 3.05) is 18.0 Å². The Labute approximate surface area is 166 Å². The van der Waals surface area contributed by atoms with Crippen molar-refractivity contribution >= 4 is 28.6 Å². The molecule has 1 saturated heterocycles. The summed E-state index contributed by atoms with van der Waals surface area (Å²) in [6.45, 7) is 0.529. The Kier molecular flexibility index (Phi) is 4.19. The van der Waals surface area contributed by atoms with Gasteiger partial charge in [-0.3, -0.25) is 14.7 Å². The average molecular weight is 394 g/mol. The van der Waals surface area contributed by atoms with E-state index in [0.717, 1.165) is 23.7 Å². The minimum absolute atomic E-state index is 0.00324. The predicted octanol–water partition coefficient (Wildman–Crippen LogP) is 3.02. The van der Waals surface area contributed by atoms with Gasteiger partial charge in [-0.2, -0.15) is 0 Å². The number of amides is 2. The molecule has 0 bridgehead atoms. The van der Waals surface area contributed by atoms with Crippen molar-refractivity contribution in [2.45, 2.75) is 18.9 Å². The number of halogens is 1. The molecule has 1 aliphatic carbocycles. The van der Waals surface area contributed by atoms with Crippen LogP contribution < -0.4 is 10.2 Å². The Hall–Kier alpha value is -3.42. The minimum Gasteiger partial charge on any atom is -0.442 e. The van der Waals surface area contributed by atoms with Crippen LogP contribution in [0.2, 0.25) is 0 Å². The Morgan fingerprint density at radius 2 is 2.14 bits per heavy atom. The Morgan fingerprint density at radius 1 is 1.28 bits per heavy atom. The maximum atomic E-state index is 14.8. The molecule has 2 amide bonds. The molecular formula is C21H19FN4O3. The molecule has 5 rings (SSSR count). The van der Waals surface area contributed by atoms with Gasteiger partial charge < -0.3 is 14.6 Å². The number of hydrogen-bond acceptors (Lipinski definition) is 4. The first kappa shape index (κ1) is 17.7. The lowest BCUT2D eigenvalue weighted by atomic mass is 10.2. The van der Waals surface area contributed by atoms with E-state index in [4.69, 9.17) is 4.74 Å². The van der Waals surface area contributed by atoms with Gasteiger partial charge in [-0.15, -0.1) is 0 Å². The van der Waals surface area contributed by atoms with Crippen LogP contribution in [0.5, 0.6) is 0 Å². The normalized spacial score (nSPS) is 18.9. The number of rotatable bonds is 5. The van der Waals surface area contributed by atoms with Gasteiger partial charge >= 0.3 is 6.09 Å². The van der Waals surface area contributed by atoms with E-state index in [1.54, 1.807) is 29.1 Å². The molecule has 3 aromatic rings. The Morgan fingerprint density at radius 3 is 2.90 bits per heavy atom. The summed E-state index contributed by atoms with van der Waals surface area (Å²) in [7, 11) is 0. The average Bonchev–Trinajstić information content (AvgIpc) is 3.37. The van der Waals surface area contributed by atoms with Gasteiger partial charge in [0.15, 0.2) is 0 Å². The summed E-state index contributed by atoms with van der Waals surface area (Å²) in [6, 6.07) is 8.36. The van der Waals surface area contributed by atoms with Gasteiger partial charge in [0.1, 0.15) is 11.9 Å². The van der Waals surface area contributed by atoms with Gasteiger partial charge in [-0.1, -0.05) is 0 Å². The molecule has 1 N–H and O–H groups in total. The number of pyridine rings is 1. The van der Waals surface area contributed by atoms with Crippen molar-refractivity contribution in [1.82, 2.24) is 14.9 Å². The molecule has 1 unspecified atom stereocenters. The Balaban J connectivity index is 1.31. The summed E-state index contributed by atoms with van der Waals surface area (Å²) in [5.74, 6) is -0.352. The molecule has 2 aliphatic rings. The van der Waals surface area contributed by atoms with E-state index in [9.17, 15) is 14.0 Å². The van der Waals surface area contributed by atoms with Crippen LogP contribution in [0.1, 0.15) is 12.8 Å². The lowest BCUT2D eigenvalue weighted by Gasteiger charge is -2.15. The van der Waals surface area contributed by atoms with E-state index < -0.39 is 18.0 Å². The van der Waals surface area contributed by atoms with Gasteiger partial charge in [0, 0.05) is 29.9 Å². The van der Waals surface area contributed by atoms with Gasteiger partial charge in [0.05, 0.1) is 30.0 Å². The van der Waals surface area contributed by atoms with Crippen molar-refractivity contribution in [1.29, 1.82) is 0 Å². The van der Waals surface area contributed by atoms with Crippen LogP contribution in [0.4, 0.5) is 14.9 Å². The Bertz CT molecular complexity index is 1080. The van der Waals surface area contributed by atoms with E-state index >= 15 is 0 Å². The topological polar surface area (TPSA) is 76.5 Å². The SMILES string of the molecule is O=C(NCC1CN(c2ccc(-n3cc4cccnc4c3)c(F)c2)C(=O)O1)C1CC1. The number of benzene rings is 1. The molecule has 0 spiro atoms. The zero-order valence-electron chi connectivity index (χ0n) is 15.5. The molecule has 0 radical (unpaired) electrons. The zero-order chi connectivity index (χ0) is 20.0. The number of carbonyl (C=O) groups is 2. The summed E-state index contributed by atoms with van der Waals surface area (Å²) in [6.07, 6.45) is 6.10. The van der Waals surface area contributed by atoms with Gasteiger partial charge in [-0.05, 0) is 43.2 Å². The van der Waals surface area contributed by atoms with Crippen molar-refractivity contribution in [3.8, 4) is 5.69 Å². The summed E-state index contributed by atoms with van der Waals surface area (Å²) in [5.41, 5.74) is 1.56. The minimum atomic E-state index is -0.543. The molecule has 3 heterocycles. The quantitative estimate of drug-likeness (QED) is 0.722. The predicted molar refractivity (Wildman–Crippen MR) is 104 cm³/mol. The van der Waals surface area contributed by atoms with E-state index in [2.05, 4.69) is 10.3 Å². The van der Waals surface area contributed by atoms with Crippen LogP contribution in [-0.2, 0) is 9.53 Å². The third-order valence-corrected chi connectivity index (χ3v) is 5.26.